The van der Waals surface area contributed by atoms with Gasteiger partial charge in [-0.2, -0.15) is 0 Å². The zero-order valence-corrected chi connectivity index (χ0v) is 14.7. The van der Waals surface area contributed by atoms with Crippen molar-refractivity contribution < 1.29 is 4.39 Å². The van der Waals surface area contributed by atoms with Crippen molar-refractivity contribution in [3.05, 3.63) is 76.4 Å². The van der Waals surface area contributed by atoms with Gasteiger partial charge in [-0.15, -0.1) is 11.3 Å². The van der Waals surface area contributed by atoms with Crippen LogP contribution < -0.4 is 10.6 Å². The topological polar surface area (TPSA) is 49.3 Å². The van der Waals surface area contributed by atoms with E-state index in [1.54, 1.807) is 24.5 Å². The van der Waals surface area contributed by atoms with E-state index in [4.69, 9.17) is 0 Å². The van der Waals surface area contributed by atoms with Gasteiger partial charge in [0.1, 0.15) is 10.8 Å². The first-order chi connectivity index (χ1) is 12.2. The molecule has 6 heteroatoms. The Balaban J connectivity index is 1.54. The normalized spacial score (nSPS) is 11.4. The quantitative estimate of drug-likeness (QED) is 0.541. The molecule has 0 aliphatic rings. The molecule has 0 spiro atoms. The van der Waals surface area contributed by atoms with Crippen molar-refractivity contribution in [2.45, 2.75) is 13.1 Å². The van der Waals surface area contributed by atoms with Crippen LogP contribution in [0.15, 0.2) is 65.0 Å². The highest BCUT2D eigenvalue weighted by atomic mass is 32.1. The number of thiazole rings is 1. The summed E-state index contributed by atoms with van der Waals surface area (Å²) in [7, 11) is 1.71. The largest absolute Gasteiger partial charge is 0.352 e. The molecule has 0 saturated heterocycles. The predicted octanol–water partition coefficient (Wildman–Crippen LogP) is 3.81. The lowest BCUT2D eigenvalue weighted by Crippen LogP contribution is -2.36. The number of benzene rings is 2. The third-order valence-corrected chi connectivity index (χ3v) is 4.45. The van der Waals surface area contributed by atoms with Gasteiger partial charge < -0.3 is 10.6 Å². The second-order valence-corrected chi connectivity index (χ2v) is 6.34. The SMILES string of the molecule is CN=C(NCc1cccc(F)c1)NCc1nc(-c2ccccc2)cs1. The van der Waals surface area contributed by atoms with E-state index < -0.39 is 0 Å². The zero-order valence-electron chi connectivity index (χ0n) is 13.9. The third-order valence-electron chi connectivity index (χ3n) is 3.60. The van der Waals surface area contributed by atoms with Gasteiger partial charge in [0.25, 0.3) is 0 Å². The highest BCUT2D eigenvalue weighted by Gasteiger charge is 2.05. The standard InChI is InChI=1S/C19H19FN4S/c1-21-19(22-11-14-6-5-9-16(20)10-14)23-12-18-24-17(13-25-18)15-7-3-2-4-8-15/h2-10,13H,11-12H2,1H3,(H2,21,22,23). The molecule has 0 atom stereocenters. The van der Waals surface area contributed by atoms with Gasteiger partial charge in [-0.25, -0.2) is 9.37 Å². The first-order valence-corrected chi connectivity index (χ1v) is 8.81. The Labute approximate surface area is 150 Å². The smallest absolute Gasteiger partial charge is 0.191 e. The molecule has 128 valence electrons. The van der Waals surface area contributed by atoms with Crippen molar-refractivity contribution in [2.24, 2.45) is 4.99 Å². The molecular weight excluding hydrogens is 335 g/mol. The average molecular weight is 354 g/mol. The van der Waals surface area contributed by atoms with Gasteiger partial charge in [0.2, 0.25) is 0 Å². The molecule has 1 heterocycles. The van der Waals surface area contributed by atoms with E-state index in [1.807, 2.05) is 36.4 Å². The van der Waals surface area contributed by atoms with E-state index in [1.165, 1.54) is 12.1 Å². The monoisotopic (exact) mass is 354 g/mol. The maximum absolute atomic E-state index is 13.2. The molecule has 0 unspecified atom stereocenters. The number of nitrogens with one attached hydrogen (secondary N) is 2. The lowest BCUT2D eigenvalue weighted by molar-refractivity contribution is 0.624. The fraction of sp³-hybridized carbons (Fsp3) is 0.158. The van der Waals surface area contributed by atoms with Crippen LogP contribution in [0.3, 0.4) is 0 Å². The van der Waals surface area contributed by atoms with E-state index in [2.05, 4.69) is 26.0 Å². The van der Waals surface area contributed by atoms with Crippen LogP contribution in [0.25, 0.3) is 11.3 Å². The minimum Gasteiger partial charge on any atom is -0.352 e. The fourth-order valence-electron chi connectivity index (χ4n) is 2.35. The van der Waals surface area contributed by atoms with Gasteiger partial charge in [-0.05, 0) is 17.7 Å². The maximum Gasteiger partial charge on any atom is 0.191 e. The lowest BCUT2D eigenvalue weighted by atomic mass is 10.2. The van der Waals surface area contributed by atoms with Crippen molar-refractivity contribution in [2.75, 3.05) is 7.05 Å². The molecule has 0 saturated carbocycles. The Hall–Kier alpha value is -2.73. The van der Waals surface area contributed by atoms with Gasteiger partial charge in [0.15, 0.2) is 5.96 Å². The predicted molar refractivity (Wildman–Crippen MR) is 101 cm³/mol. The Bertz CT molecular complexity index is 845. The van der Waals surface area contributed by atoms with Crippen molar-refractivity contribution in [3.8, 4) is 11.3 Å². The first kappa shape index (κ1) is 17.1. The molecule has 0 fully saturated rings. The lowest BCUT2D eigenvalue weighted by Gasteiger charge is -2.11. The van der Waals surface area contributed by atoms with Gasteiger partial charge in [0, 0.05) is 24.5 Å². The van der Waals surface area contributed by atoms with Gasteiger partial charge in [-0.1, -0.05) is 42.5 Å². The summed E-state index contributed by atoms with van der Waals surface area (Å²) < 4.78 is 13.2. The summed E-state index contributed by atoms with van der Waals surface area (Å²) in [5.41, 5.74) is 2.95. The molecule has 1 aromatic heterocycles. The van der Waals surface area contributed by atoms with E-state index in [9.17, 15) is 4.39 Å². The van der Waals surface area contributed by atoms with Crippen LogP contribution in [0.1, 0.15) is 10.6 Å². The molecule has 0 aliphatic heterocycles. The molecule has 2 aromatic carbocycles. The van der Waals surface area contributed by atoms with Crippen LogP contribution in [0.4, 0.5) is 4.39 Å². The van der Waals surface area contributed by atoms with Crippen LogP contribution in [0.5, 0.6) is 0 Å². The second kappa shape index (κ2) is 8.39. The summed E-state index contributed by atoms with van der Waals surface area (Å²) in [4.78, 5) is 8.82. The number of aromatic nitrogens is 1. The summed E-state index contributed by atoms with van der Waals surface area (Å²) in [6.45, 7) is 1.09. The van der Waals surface area contributed by atoms with Gasteiger partial charge in [-0.3, -0.25) is 4.99 Å². The van der Waals surface area contributed by atoms with Crippen molar-refractivity contribution in [1.82, 2.24) is 15.6 Å². The molecule has 3 rings (SSSR count). The molecular formula is C19H19FN4S. The summed E-state index contributed by atoms with van der Waals surface area (Å²) in [5, 5.41) is 9.43. The van der Waals surface area contributed by atoms with Crippen LogP contribution in [0, 0.1) is 5.82 Å². The van der Waals surface area contributed by atoms with Gasteiger partial charge in [0.05, 0.1) is 12.2 Å². The Morgan fingerprint density at radius 3 is 2.64 bits per heavy atom. The van der Waals surface area contributed by atoms with E-state index in [-0.39, 0.29) is 5.82 Å². The van der Waals surface area contributed by atoms with Crippen LogP contribution >= 0.6 is 11.3 Å². The molecule has 4 nitrogen and oxygen atoms in total. The Kier molecular flexibility index (Phi) is 5.74. The highest BCUT2D eigenvalue weighted by molar-refractivity contribution is 7.09. The fourth-order valence-corrected chi connectivity index (χ4v) is 3.09. The molecule has 25 heavy (non-hydrogen) atoms. The average Bonchev–Trinajstić information content (AvgIpc) is 3.12. The molecule has 0 amide bonds. The zero-order chi connectivity index (χ0) is 17.5. The second-order valence-electron chi connectivity index (χ2n) is 5.40. The highest BCUT2D eigenvalue weighted by Crippen LogP contribution is 2.21. The van der Waals surface area contributed by atoms with E-state index in [0.717, 1.165) is 21.8 Å². The van der Waals surface area contributed by atoms with Crippen molar-refractivity contribution >= 4 is 17.3 Å². The molecule has 3 aromatic rings. The summed E-state index contributed by atoms with van der Waals surface area (Å²) >= 11 is 1.61. The Morgan fingerprint density at radius 2 is 1.88 bits per heavy atom. The van der Waals surface area contributed by atoms with Gasteiger partial charge >= 0.3 is 0 Å². The van der Waals surface area contributed by atoms with Crippen LogP contribution in [0.2, 0.25) is 0 Å². The molecule has 2 N–H and O–H groups in total. The molecule has 0 bridgehead atoms. The number of hydrogen-bond donors (Lipinski definition) is 2. The van der Waals surface area contributed by atoms with Crippen molar-refractivity contribution in [1.29, 1.82) is 0 Å². The van der Waals surface area contributed by atoms with Crippen LogP contribution in [-0.4, -0.2) is 18.0 Å². The Morgan fingerprint density at radius 1 is 1.08 bits per heavy atom. The van der Waals surface area contributed by atoms with Crippen molar-refractivity contribution in [3.63, 3.8) is 0 Å². The number of aliphatic imine (C=N–C) groups is 1. The summed E-state index contributed by atoms with van der Waals surface area (Å²) in [6, 6.07) is 16.6. The number of rotatable bonds is 5. The number of nitrogens with zero attached hydrogens (tertiary/aromatic N) is 2. The molecule has 0 aliphatic carbocycles. The maximum atomic E-state index is 13.2. The van der Waals surface area contributed by atoms with Crippen LogP contribution in [-0.2, 0) is 13.1 Å². The minimum atomic E-state index is -0.238. The first-order valence-electron chi connectivity index (χ1n) is 7.93. The molecule has 0 radical (unpaired) electrons. The number of hydrogen-bond acceptors (Lipinski definition) is 3. The van der Waals surface area contributed by atoms with E-state index >= 15 is 0 Å². The number of guanidine groups is 1. The third kappa shape index (κ3) is 4.87. The number of halogens is 1. The summed E-state index contributed by atoms with van der Waals surface area (Å²) in [5.74, 6) is 0.416. The van der Waals surface area contributed by atoms with E-state index in [0.29, 0.717) is 19.0 Å². The minimum absolute atomic E-state index is 0.238. The summed E-state index contributed by atoms with van der Waals surface area (Å²) in [6.07, 6.45) is 0.